The van der Waals surface area contributed by atoms with E-state index in [0.717, 1.165) is 5.56 Å². The van der Waals surface area contributed by atoms with E-state index < -0.39 is 12.0 Å². The first kappa shape index (κ1) is 19.7. The number of halogens is 1. The molecule has 1 rings (SSSR count). The molecule has 0 fully saturated rings. The Morgan fingerprint density at radius 2 is 2.08 bits per heavy atom. The molecule has 0 aliphatic carbocycles. The molecule has 1 atom stereocenters. The van der Waals surface area contributed by atoms with Gasteiger partial charge < -0.3 is 9.64 Å². The summed E-state index contributed by atoms with van der Waals surface area (Å²) in [4.78, 5) is 25.7. The first-order chi connectivity index (χ1) is 11.5. The number of hydrogen-bond donors (Lipinski definition) is 0. The monoisotopic (exact) mass is 348 g/mol. The normalized spacial score (nSPS) is 11.2. The fraction of sp³-hybridized carbons (Fsp3) is 0.389. The van der Waals surface area contributed by atoms with Crippen molar-refractivity contribution in [2.75, 3.05) is 13.7 Å². The zero-order chi connectivity index (χ0) is 17.9. The van der Waals surface area contributed by atoms with Gasteiger partial charge in [-0.15, -0.1) is 6.58 Å². The van der Waals surface area contributed by atoms with Gasteiger partial charge in [0.1, 0.15) is 12.1 Å². The standard InChI is InChI=1S/C18H21ClN2O3/c1-3-4-5-17(22)21(2)16(18(23)24-13-12-20)11-8-14-6-9-15(19)10-7-14/h3,6-7,9-10,16H,1,4-5,8,11,13H2,2H3. The molecule has 0 spiro atoms. The molecular formula is C18H21ClN2O3. The summed E-state index contributed by atoms with van der Waals surface area (Å²) in [5, 5.41) is 9.20. The lowest BCUT2D eigenvalue weighted by atomic mass is 10.0. The Hall–Kier alpha value is -2.32. The van der Waals surface area contributed by atoms with Crippen LogP contribution in [0.25, 0.3) is 0 Å². The van der Waals surface area contributed by atoms with Crippen LogP contribution in [0.3, 0.4) is 0 Å². The number of carbonyl (C=O) groups is 2. The molecule has 0 bridgehead atoms. The fourth-order valence-electron chi connectivity index (χ4n) is 2.20. The molecule has 1 unspecified atom stereocenters. The van der Waals surface area contributed by atoms with Crippen molar-refractivity contribution in [2.45, 2.75) is 31.7 Å². The molecule has 1 aromatic rings. The van der Waals surface area contributed by atoms with E-state index in [1.807, 2.05) is 12.1 Å². The molecule has 0 radical (unpaired) electrons. The number of carbonyl (C=O) groups excluding carboxylic acids is 2. The summed E-state index contributed by atoms with van der Waals surface area (Å²) in [6, 6.07) is 8.33. The summed E-state index contributed by atoms with van der Waals surface area (Å²) < 4.78 is 4.90. The molecule has 5 nitrogen and oxygen atoms in total. The van der Waals surface area contributed by atoms with Crippen molar-refractivity contribution >= 4 is 23.5 Å². The zero-order valence-electron chi connectivity index (χ0n) is 13.7. The van der Waals surface area contributed by atoms with Crippen molar-refractivity contribution < 1.29 is 14.3 Å². The molecule has 0 aliphatic heterocycles. The first-order valence-electron chi connectivity index (χ1n) is 7.64. The van der Waals surface area contributed by atoms with Gasteiger partial charge in [-0.3, -0.25) is 4.79 Å². The Labute approximate surface area is 147 Å². The zero-order valence-corrected chi connectivity index (χ0v) is 14.5. The maximum atomic E-state index is 12.2. The maximum Gasteiger partial charge on any atom is 0.329 e. The topological polar surface area (TPSA) is 70.4 Å². The molecule has 1 amide bonds. The number of rotatable bonds is 9. The van der Waals surface area contributed by atoms with Crippen LogP contribution in [-0.4, -0.2) is 36.5 Å². The summed E-state index contributed by atoms with van der Waals surface area (Å²) >= 11 is 5.86. The fourth-order valence-corrected chi connectivity index (χ4v) is 2.33. The Kier molecular flexibility index (Phi) is 8.59. The van der Waals surface area contributed by atoms with Gasteiger partial charge in [0.25, 0.3) is 0 Å². The second-order valence-corrected chi connectivity index (χ2v) is 5.72. The Morgan fingerprint density at radius 1 is 1.42 bits per heavy atom. The van der Waals surface area contributed by atoms with Gasteiger partial charge >= 0.3 is 5.97 Å². The third kappa shape index (κ3) is 6.43. The summed E-state index contributed by atoms with van der Waals surface area (Å²) in [5.74, 6) is -0.732. The van der Waals surface area contributed by atoms with E-state index in [0.29, 0.717) is 24.3 Å². The van der Waals surface area contributed by atoms with E-state index in [4.69, 9.17) is 21.6 Å². The lowest BCUT2D eigenvalue weighted by molar-refractivity contribution is -0.153. The van der Waals surface area contributed by atoms with Gasteiger partial charge in [0, 0.05) is 18.5 Å². The highest BCUT2D eigenvalue weighted by atomic mass is 35.5. The molecule has 24 heavy (non-hydrogen) atoms. The second kappa shape index (κ2) is 10.5. The predicted octanol–water partition coefficient (Wildman–Crippen LogP) is 3.13. The van der Waals surface area contributed by atoms with Crippen LogP contribution in [0.1, 0.15) is 24.8 Å². The number of ether oxygens (including phenoxy) is 1. The van der Waals surface area contributed by atoms with E-state index >= 15 is 0 Å². The third-order valence-electron chi connectivity index (χ3n) is 3.59. The van der Waals surface area contributed by atoms with Crippen molar-refractivity contribution in [1.29, 1.82) is 5.26 Å². The third-order valence-corrected chi connectivity index (χ3v) is 3.85. The van der Waals surface area contributed by atoms with Crippen LogP contribution < -0.4 is 0 Å². The Morgan fingerprint density at radius 3 is 2.67 bits per heavy atom. The molecule has 0 N–H and O–H groups in total. The van der Waals surface area contributed by atoms with Gasteiger partial charge in [-0.25, -0.2) is 4.79 Å². The van der Waals surface area contributed by atoms with Gasteiger partial charge in [0.05, 0.1) is 0 Å². The van der Waals surface area contributed by atoms with E-state index in [1.165, 1.54) is 4.90 Å². The van der Waals surface area contributed by atoms with Crippen LogP contribution in [0.2, 0.25) is 5.02 Å². The minimum Gasteiger partial charge on any atom is -0.449 e. The first-order valence-corrected chi connectivity index (χ1v) is 8.02. The summed E-state index contributed by atoms with van der Waals surface area (Å²) in [6.45, 7) is 3.26. The van der Waals surface area contributed by atoms with Crippen LogP contribution in [0.5, 0.6) is 0 Å². The van der Waals surface area contributed by atoms with Gasteiger partial charge in [0.2, 0.25) is 5.91 Å². The number of aryl methyl sites for hydroxylation is 1. The van der Waals surface area contributed by atoms with Crippen molar-refractivity contribution in [3.63, 3.8) is 0 Å². The van der Waals surface area contributed by atoms with Crippen molar-refractivity contribution in [3.05, 3.63) is 47.5 Å². The minimum atomic E-state index is -0.730. The smallest absolute Gasteiger partial charge is 0.329 e. The number of nitrogens with zero attached hydrogens (tertiary/aromatic N) is 2. The number of likely N-dealkylation sites (N-methyl/N-ethyl adjacent to an activating group) is 1. The molecule has 0 aromatic heterocycles. The SMILES string of the molecule is C=CCCC(=O)N(C)C(CCc1ccc(Cl)cc1)C(=O)OCC#N. The van der Waals surface area contributed by atoms with Crippen molar-refractivity contribution in [2.24, 2.45) is 0 Å². The second-order valence-electron chi connectivity index (χ2n) is 5.28. The molecule has 128 valence electrons. The van der Waals surface area contributed by atoms with E-state index in [2.05, 4.69) is 6.58 Å². The van der Waals surface area contributed by atoms with Crippen LogP contribution in [0.15, 0.2) is 36.9 Å². The number of hydrogen-bond acceptors (Lipinski definition) is 4. The summed E-state index contributed by atoms with van der Waals surface area (Å²) in [6.07, 6.45) is 3.47. The van der Waals surface area contributed by atoms with Crippen molar-refractivity contribution in [3.8, 4) is 6.07 Å². The molecule has 6 heteroatoms. The van der Waals surface area contributed by atoms with Crippen LogP contribution in [-0.2, 0) is 20.7 Å². The Balaban J connectivity index is 2.77. The summed E-state index contributed by atoms with van der Waals surface area (Å²) in [7, 11) is 1.57. The molecule has 0 saturated carbocycles. The van der Waals surface area contributed by atoms with Crippen molar-refractivity contribution in [1.82, 2.24) is 4.90 Å². The van der Waals surface area contributed by atoms with Gasteiger partial charge in [-0.2, -0.15) is 5.26 Å². The predicted molar refractivity (Wildman–Crippen MR) is 92.3 cm³/mol. The lowest BCUT2D eigenvalue weighted by Crippen LogP contribution is -2.43. The number of allylic oxidation sites excluding steroid dienone is 1. The quantitative estimate of drug-likeness (QED) is 0.507. The van der Waals surface area contributed by atoms with Gasteiger partial charge in [-0.05, 0) is 37.0 Å². The van der Waals surface area contributed by atoms with E-state index in [9.17, 15) is 9.59 Å². The van der Waals surface area contributed by atoms with Crippen LogP contribution in [0.4, 0.5) is 0 Å². The van der Waals surface area contributed by atoms with Crippen LogP contribution in [0, 0.1) is 11.3 Å². The number of nitriles is 1. The van der Waals surface area contributed by atoms with Gasteiger partial charge in [-0.1, -0.05) is 29.8 Å². The Bertz CT molecular complexity index is 608. The maximum absolute atomic E-state index is 12.2. The van der Waals surface area contributed by atoms with Crippen LogP contribution >= 0.6 is 11.6 Å². The van der Waals surface area contributed by atoms with Gasteiger partial charge in [0.15, 0.2) is 6.61 Å². The minimum absolute atomic E-state index is 0.162. The molecular weight excluding hydrogens is 328 g/mol. The highest BCUT2D eigenvalue weighted by Crippen LogP contribution is 2.15. The number of amides is 1. The average Bonchev–Trinajstić information content (AvgIpc) is 2.59. The number of esters is 1. The highest BCUT2D eigenvalue weighted by Gasteiger charge is 2.27. The van der Waals surface area contributed by atoms with E-state index in [-0.39, 0.29) is 18.9 Å². The van der Waals surface area contributed by atoms with E-state index in [1.54, 1.807) is 31.3 Å². The number of benzene rings is 1. The highest BCUT2D eigenvalue weighted by molar-refractivity contribution is 6.30. The molecule has 0 saturated heterocycles. The lowest BCUT2D eigenvalue weighted by Gasteiger charge is -2.26. The molecule has 0 heterocycles. The molecule has 1 aromatic carbocycles. The summed E-state index contributed by atoms with van der Waals surface area (Å²) in [5.41, 5.74) is 1.00. The molecule has 0 aliphatic rings. The largest absolute Gasteiger partial charge is 0.449 e. The average molecular weight is 349 g/mol.